The molecule has 0 amide bonds. The molecular weight excluding hydrogens is 306 g/mol. The van der Waals surface area contributed by atoms with Crippen LogP contribution in [0, 0.1) is 5.92 Å². The smallest absolute Gasteiger partial charge is 0.338 e. The predicted molar refractivity (Wildman–Crippen MR) is 91.2 cm³/mol. The van der Waals surface area contributed by atoms with Crippen molar-refractivity contribution in [1.29, 1.82) is 0 Å². The van der Waals surface area contributed by atoms with E-state index in [1.54, 1.807) is 13.2 Å². The van der Waals surface area contributed by atoms with Gasteiger partial charge in [-0.3, -0.25) is 0 Å². The molecule has 1 fully saturated rings. The molecule has 1 N–H and O–H groups in total. The summed E-state index contributed by atoms with van der Waals surface area (Å²) in [6.45, 7) is 2.12. The van der Waals surface area contributed by atoms with Crippen molar-refractivity contribution in [1.82, 2.24) is 0 Å². The number of benzene rings is 1. The average molecular weight is 331 g/mol. The Hall–Kier alpha value is -2.04. The Kier molecular flexibility index (Phi) is 4.52. The van der Waals surface area contributed by atoms with Crippen LogP contribution in [0.4, 0.5) is 0 Å². The second-order valence-corrected chi connectivity index (χ2v) is 7.01. The van der Waals surface area contributed by atoms with E-state index in [0.717, 1.165) is 42.5 Å². The van der Waals surface area contributed by atoms with Gasteiger partial charge >= 0.3 is 5.97 Å². The topological polar surface area (TPSA) is 68.1 Å². The van der Waals surface area contributed by atoms with Gasteiger partial charge < -0.3 is 14.7 Å². The molecule has 1 aromatic rings. The van der Waals surface area contributed by atoms with Crippen LogP contribution in [0.5, 0.6) is 5.75 Å². The van der Waals surface area contributed by atoms with Crippen molar-refractivity contribution in [3.8, 4) is 5.75 Å². The van der Waals surface area contributed by atoms with Crippen molar-refractivity contribution in [2.24, 2.45) is 11.1 Å². The maximum atomic E-state index is 12.3. The molecule has 2 aliphatic carbocycles. The predicted octanol–water partition coefficient (Wildman–Crippen LogP) is 3.71. The average Bonchev–Trinajstić information content (AvgIpc) is 2.59. The number of hydrogen-bond donors (Lipinski definition) is 1. The highest BCUT2D eigenvalue weighted by atomic mass is 16.5. The zero-order chi connectivity index (χ0) is 17.3. The SMILES string of the molecule is COC(=O)c1cc(OC)cc2c1CC1CCCCCC2(C)/C1=N\O. The first-order valence-corrected chi connectivity index (χ1v) is 8.57. The van der Waals surface area contributed by atoms with Crippen LogP contribution in [-0.4, -0.2) is 31.1 Å². The molecular formula is C19H25NO4. The highest BCUT2D eigenvalue weighted by Gasteiger charge is 2.45. The fourth-order valence-electron chi connectivity index (χ4n) is 4.44. The molecule has 24 heavy (non-hydrogen) atoms. The maximum Gasteiger partial charge on any atom is 0.338 e. The van der Waals surface area contributed by atoms with Crippen LogP contribution in [0.3, 0.4) is 0 Å². The van der Waals surface area contributed by atoms with E-state index in [4.69, 9.17) is 9.47 Å². The first kappa shape index (κ1) is 16.8. The lowest BCUT2D eigenvalue weighted by Crippen LogP contribution is -2.44. The van der Waals surface area contributed by atoms with Gasteiger partial charge in [-0.05, 0) is 42.5 Å². The second-order valence-electron chi connectivity index (χ2n) is 7.01. The fraction of sp³-hybridized carbons (Fsp3) is 0.579. The third kappa shape index (κ3) is 2.56. The lowest BCUT2D eigenvalue weighted by atomic mass is 9.61. The summed E-state index contributed by atoms with van der Waals surface area (Å²) in [6.07, 6.45) is 5.99. The third-order valence-corrected chi connectivity index (χ3v) is 5.70. The van der Waals surface area contributed by atoms with Crippen LogP contribution >= 0.6 is 0 Å². The number of carbonyl (C=O) groups excluding carboxylic acids is 1. The largest absolute Gasteiger partial charge is 0.497 e. The lowest BCUT2D eigenvalue weighted by molar-refractivity contribution is 0.0598. The van der Waals surface area contributed by atoms with Gasteiger partial charge in [0.2, 0.25) is 0 Å². The van der Waals surface area contributed by atoms with Crippen molar-refractivity contribution >= 4 is 11.7 Å². The summed E-state index contributed by atoms with van der Waals surface area (Å²) in [5, 5.41) is 13.4. The number of oxime groups is 1. The summed E-state index contributed by atoms with van der Waals surface area (Å²) in [6, 6.07) is 3.75. The number of methoxy groups -OCH3 is 2. The molecule has 2 bridgehead atoms. The quantitative estimate of drug-likeness (QED) is 0.510. The molecule has 1 aromatic carbocycles. The summed E-state index contributed by atoms with van der Waals surface area (Å²) in [4.78, 5) is 12.3. The third-order valence-electron chi connectivity index (χ3n) is 5.70. The monoisotopic (exact) mass is 331 g/mol. The normalized spacial score (nSPS) is 27.8. The Morgan fingerprint density at radius 2 is 2.08 bits per heavy atom. The minimum atomic E-state index is -0.370. The van der Waals surface area contributed by atoms with Gasteiger partial charge in [-0.15, -0.1) is 0 Å². The molecule has 0 spiro atoms. The molecule has 3 rings (SSSR count). The van der Waals surface area contributed by atoms with Crippen LogP contribution in [-0.2, 0) is 16.6 Å². The van der Waals surface area contributed by atoms with Crippen molar-refractivity contribution in [3.63, 3.8) is 0 Å². The Balaban J connectivity index is 2.26. The highest BCUT2D eigenvalue weighted by Crippen LogP contribution is 2.46. The van der Waals surface area contributed by atoms with Crippen molar-refractivity contribution in [3.05, 3.63) is 28.8 Å². The fourth-order valence-corrected chi connectivity index (χ4v) is 4.44. The van der Waals surface area contributed by atoms with Crippen LogP contribution in [0.2, 0.25) is 0 Å². The molecule has 130 valence electrons. The molecule has 2 aliphatic rings. The first-order chi connectivity index (χ1) is 11.5. The molecule has 5 nitrogen and oxygen atoms in total. The number of carbonyl (C=O) groups is 1. The Morgan fingerprint density at radius 1 is 1.29 bits per heavy atom. The van der Waals surface area contributed by atoms with Crippen LogP contribution in [0.15, 0.2) is 17.3 Å². The van der Waals surface area contributed by atoms with E-state index in [0.29, 0.717) is 17.7 Å². The van der Waals surface area contributed by atoms with Crippen LogP contribution in [0.25, 0.3) is 0 Å². The maximum absolute atomic E-state index is 12.3. The van der Waals surface area contributed by atoms with E-state index in [-0.39, 0.29) is 17.3 Å². The van der Waals surface area contributed by atoms with E-state index in [2.05, 4.69) is 12.1 Å². The minimum Gasteiger partial charge on any atom is -0.497 e. The van der Waals surface area contributed by atoms with E-state index in [1.165, 1.54) is 13.5 Å². The summed E-state index contributed by atoms with van der Waals surface area (Å²) in [7, 11) is 2.99. The van der Waals surface area contributed by atoms with Gasteiger partial charge in [0.1, 0.15) is 5.75 Å². The van der Waals surface area contributed by atoms with Gasteiger partial charge in [0, 0.05) is 11.3 Å². The molecule has 0 radical (unpaired) electrons. The van der Waals surface area contributed by atoms with Gasteiger partial charge in [0.25, 0.3) is 0 Å². The second kappa shape index (κ2) is 6.46. The van der Waals surface area contributed by atoms with E-state index in [1.807, 2.05) is 6.07 Å². The van der Waals surface area contributed by atoms with Crippen molar-refractivity contribution in [2.75, 3.05) is 14.2 Å². The lowest BCUT2D eigenvalue weighted by Gasteiger charge is -2.43. The number of esters is 1. The molecule has 5 heteroatoms. The summed E-state index contributed by atoms with van der Waals surface area (Å²) in [5.74, 6) is 0.463. The van der Waals surface area contributed by atoms with Gasteiger partial charge in [0.05, 0.1) is 25.5 Å². The standard InChI is InChI=1S/C19H25NO4/c1-19-8-6-4-5-7-12(17(19)20-22)9-14-15(18(21)24-3)10-13(23-2)11-16(14)19/h10-12,22H,4-9H2,1-3H3/b20-17-. The van der Waals surface area contributed by atoms with E-state index < -0.39 is 0 Å². The molecule has 0 heterocycles. The Morgan fingerprint density at radius 3 is 2.75 bits per heavy atom. The number of nitrogens with zero attached hydrogens (tertiary/aromatic N) is 1. The number of rotatable bonds is 2. The van der Waals surface area contributed by atoms with Gasteiger partial charge in [-0.1, -0.05) is 31.3 Å². The Labute approximate surface area is 142 Å². The zero-order valence-corrected chi connectivity index (χ0v) is 14.6. The van der Waals surface area contributed by atoms with Crippen molar-refractivity contribution in [2.45, 2.75) is 50.9 Å². The summed E-state index contributed by atoms with van der Waals surface area (Å²) < 4.78 is 10.4. The van der Waals surface area contributed by atoms with Crippen LogP contribution in [0.1, 0.15) is 60.5 Å². The molecule has 0 saturated heterocycles. The molecule has 2 unspecified atom stereocenters. The number of fused-ring (bicyclic) bond motifs is 4. The van der Waals surface area contributed by atoms with Gasteiger partial charge in [-0.2, -0.15) is 0 Å². The minimum absolute atomic E-state index is 0.171. The number of hydrogen-bond acceptors (Lipinski definition) is 5. The van der Waals surface area contributed by atoms with E-state index in [9.17, 15) is 10.0 Å². The molecule has 0 aromatic heterocycles. The molecule has 1 saturated carbocycles. The molecule has 2 atom stereocenters. The van der Waals surface area contributed by atoms with Crippen molar-refractivity contribution < 1.29 is 19.5 Å². The summed E-state index contributed by atoms with van der Waals surface area (Å²) >= 11 is 0. The zero-order valence-electron chi connectivity index (χ0n) is 14.6. The highest BCUT2D eigenvalue weighted by molar-refractivity contribution is 6.01. The van der Waals surface area contributed by atoms with Gasteiger partial charge in [0.15, 0.2) is 0 Å². The first-order valence-electron chi connectivity index (χ1n) is 8.57. The Bertz CT molecular complexity index is 682. The van der Waals surface area contributed by atoms with E-state index >= 15 is 0 Å². The summed E-state index contributed by atoms with van der Waals surface area (Å²) in [5.41, 5.74) is 3.10. The molecule has 0 aliphatic heterocycles. The van der Waals surface area contributed by atoms with Gasteiger partial charge in [-0.25, -0.2) is 4.79 Å². The van der Waals surface area contributed by atoms with Crippen LogP contribution < -0.4 is 4.74 Å². The number of ether oxygens (including phenoxy) is 2.